The number of hydrogen-bond acceptors (Lipinski definition) is 3. The standard InChI is InChI=1S/C17H29NO2/c1-4-6-9-14(5-2)12-20-13-16(18)15-10-7-8-11-17(15)19-3/h7-8,10-11,14,16H,4-6,9,12-13,18H2,1-3H3. The fourth-order valence-electron chi connectivity index (χ4n) is 2.32. The molecule has 20 heavy (non-hydrogen) atoms. The summed E-state index contributed by atoms with van der Waals surface area (Å²) in [5, 5.41) is 0. The first-order valence-corrected chi connectivity index (χ1v) is 7.69. The summed E-state index contributed by atoms with van der Waals surface area (Å²) in [6.45, 7) is 5.80. The van der Waals surface area contributed by atoms with Crippen LogP contribution >= 0.6 is 0 Å². The van der Waals surface area contributed by atoms with Crippen LogP contribution in [0.1, 0.15) is 51.1 Å². The van der Waals surface area contributed by atoms with Crippen LogP contribution in [0.2, 0.25) is 0 Å². The van der Waals surface area contributed by atoms with Gasteiger partial charge in [-0.2, -0.15) is 0 Å². The van der Waals surface area contributed by atoms with Gasteiger partial charge in [0.25, 0.3) is 0 Å². The van der Waals surface area contributed by atoms with Crippen LogP contribution in [0.15, 0.2) is 24.3 Å². The van der Waals surface area contributed by atoms with Gasteiger partial charge in [-0.1, -0.05) is 51.3 Å². The lowest BCUT2D eigenvalue weighted by atomic mass is 10.0. The van der Waals surface area contributed by atoms with E-state index in [0.29, 0.717) is 12.5 Å². The van der Waals surface area contributed by atoms with Crippen LogP contribution in [0.3, 0.4) is 0 Å². The first-order chi connectivity index (χ1) is 9.72. The maximum absolute atomic E-state index is 6.19. The lowest BCUT2D eigenvalue weighted by molar-refractivity contribution is 0.0833. The van der Waals surface area contributed by atoms with Gasteiger partial charge in [0, 0.05) is 12.2 Å². The Morgan fingerprint density at radius 1 is 1.15 bits per heavy atom. The summed E-state index contributed by atoms with van der Waals surface area (Å²) in [6, 6.07) is 7.74. The fraction of sp³-hybridized carbons (Fsp3) is 0.647. The number of methoxy groups -OCH3 is 1. The molecule has 2 atom stereocenters. The number of unbranched alkanes of at least 4 members (excludes halogenated alkanes) is 1. The Morgan fingerprint density at radius 2 is 1.90 bits per heavy atom. The van der Waals surface area contributed by atoms with Crippen molar-refractivity contribution < 1.29 is 9.47 Å². The molecule has 114 valence electrons. The molecule has 0 bridgehead atoms. The lowest BCUT2D eigenvalue weighted by Gasteiger charge is -2.19. The summed E-state index contributed by atoms with van der Waals surface area (Å²) >= 11 is 0. The van der Waals surface area contributed by atoms with Crippen molar-refractivity contribution in [3.63, 3.8) is 0 Å². The Bertz CT molecular complexity index is 368. The number of hydrogen-bond donors (Lipinski definition) is 1. The molecule has 0 aliphatic carbocycles. The quantitative estimate of drug-likeness (QED) is 0.706. The zero-order valence-electron chi connectivity index (χ0n) is 13.1. The lowest BCUT2D eigenvalue weighted by Crippen LogP contribution is -2.20. The molecule has 2 unspecified atom stereocenters. The summed E-state index contributed by atoms with van der Waals surface area (Å²) in [4.78, 5) is 0. The normalized spacial score (nSPS) is 14.0. The highest BCUT2D eigenvalue weighted by atomic mass is 16.5. The molecule has 0 saturated carbocycles. The Kier molecular flexibility index (Phi) is 8.31. The van der Waals surface area contributed by atoms with E-state index in [4.69, 9.17) is 15.2 Å². The average Bonchev–Trinajstić information content (AvgIpc) is 2.50. The summed E-state index contributed by atoms with van der Waals surface area (Å²) in [5.41, 5.74) is 7.20. The predicted molar refractivity (Wildman–Crippen MR) is 84.0 cm³/mol. The third-order valence-corrected chi connectivity index (χ3v) is 3.73. The molecule has 0 heterocycles. The van der Waals surface area contributed by atoms with E-state index >= 15 is 0 Å². The molecule has 0 saturated heterocycles. The Balaban J connectivity index is 2.40. The number of para-hydroxylation sites is 1. The van der Waals surface area contributed by atoms with Crippen molar-refractivity contribution >= 4 is 0 Å². The first kappa shape index (κ1) is 17.0. The van der Waals surface area contributed by atoms with Crippen LogP contribution < -0.4 is 10.5 Å². The highest BCUT2D eigenvalue weighted by Crippen LogP contribution is 2.23. The van der Waals surface area contributed by atoms with E-state index in [-0.39, 0.29) is 6.04 Å². The van der Waals surface area contributed by atoms with E-state index in [1.54, 1.807) is 7.11 Å². The summed E-state index contributed by atoms with van der Waals surface area (Å²) in [7, 11) is 1.67. The van der Waals surface area contributed by atoms with Gasteiger partial charge in [-0.15, -0.1) is 0 Å². The molecule has 0 amide bonds. The molecule has 0 spiro atoms. The molecule has 1 aromatic carbocycles. The molecule has 3 heteroatoms. The molecule has 1 aromatic rings. The second kappa shape index (κ2) is 9.78. The molecule has 0 radical (unpaired) electrons. The monoisotopic (exact) mass is 279 g/mol. The second-order valence-electron chi connectivity index (χ2n) is 5.30. The molecule has 1 rings (SSSR count). The maximum atomic E-state index is 6.19. The zero-order valence-corrected chi connectivity index (χ0v) is 13.1. The summed E-state index contributed by atoms with van der Waals surface area (Å²) in [5.74, 6) is 1.49. The number of rotatable bonds is 10. The van der Waals surface area contributed by atoms with Gasteiger partial charge in [0.2, 0.25) is 0 Å². The molecule has 2 N–H and O–H groups in total. The number of benzene rings is 1. The van der Waals surface area contributed by atoms with Crippen molar-refractivity contribution in [2.75, 3.05) is 20.3 Å². The number of ether oxygens (including phenoxy) is 2. The molecule has 0 aliphatic rings. The van der Waals surface area contributed by atoms with Crippen molar-refractivity contribution in [3.8, 4) is 5.75 Å². The van der Waals surface area contributed by atoms with Gasteiger partial charge in [-0.05, 0) is 18.4 Å². The molecule has 0 aliphatic heterocycles. The van der Waals surface area contributed by atoms with Gasteiger partial charge in [0.1, 0.15) is 5.75 Å². The van der Waals surface area contributed by atoms with Crippen molar-refractivity contribution in [3.05, 3.63) is 29.8 Å². The molecular formula is C17H29NO2. The van der Waals surface area contributed by atoms with Crippen LogP contribution in [0.25, 0.3) is 0 Å². The SMILES string of the molecule is CCCCC(CC)COCC(N)c1ccccc1OC. The number of nitrogens with two attached hydrogens (primary N) is 1. The smallest absolute Gasteiger partial charge is 0.123 e. The third-order valence-electron chi connectivity index (χ3n) is 3.73. The topological polar surface area (TPSA) is 44.5 Å². The minimum atomic E-state index is -0.130. The molecule has 0 aromatic heterocycles. The predicted octanol–water partition coefficient (Wildman–Crippen LogP) is 3.93. The van der Waals surface area contributed by atoms with Crippen LogP contribution in [0, 0.1) is 5.92 Å². The molecular weight excluding hydrogens is 250 g/mol. The van der Waals surface area contributed by atoms with E-state index < -0.39 is 0 Å². The third kappa shape index (κ3) is 5.51. The fourth-order valence-corrected chi connectivity index (χ4v) is 2.32. The van der Waals surface area contributed by atoms with Crippen molar-refractivity contribution in [2.45, 2.75) is 45.6 Å². The Morgan fingerprint density at radius 3 is 2.55 bits per heavy atom. The highest BCUT2D eigenvalue weighted by molar-refractivity contribution is 5.35. The summed E-state index contributed by atoms with van der Waals surface area (Å²) in [6.07, 6.45) is 4.94. The van der Waals surface area contributed by atoms with Crippen LogP contribution in [0.4, 0.5) is 0 Å². The molecule has 0 fully saturated rings. The first-order valence-electron chi connectivity index (χ1n) is 7.69. The second-order valence-corrected chi connectivity index (χ2v) is 5.30. The van der Waals surface area contributed by atoms with Gasteiger partial charge in [-0.25, -0.2) is 0 Å². The summed E-state index contributed by atoms with van der Waals surface area (Å²) < 4.78 is 11.2. The Labute approximate surface area is 123 Å². The minimum Gasteiger partial charge on any atom is -0.496 e. The average molecular weight is 279 g/mol. The van der Waals surface area contributed by atoms with Gasteiger partial charge >= 0.3 is 0 Å². The van der Waals surface area contributed by atoms with E-state index in [9.17, 15) is 0 Å². The van der Waals surface area contributed by atoms with Crippen LogP contribution in [-0.2, 0) is 4.74 Å². The van der Waals surface area contributed by atoms with E-state index in [1.165, 1.54) is 25.7 Å². The zero-order chi connectivity index (χ0) is 14.8. The van der Waals surface area contributed by atoms with Crippen molar-refractivity contribution in [2.24, 2.45) is 11.7 Å². The maximum Gasteiger partial charge on any atom is 0.123 e. The van der Waals surface area contributed by atoms with Crippen LogP contribution in [-0.4, -0.2) is 20.3 Å². The van der Waals surface area contributed by atoms with E-state index in [1.807, 2.05) is 24.3 Å². The largest absolute Gasteiger partial charge is 0.496 e. The van der Waals surface area contributed by atoms with E-state index in [0.717, 1.165) is 17.9 Å². The van der Waals surface area contributed by atoms with Crippen molar-refractivity contribution in [1.82, 2.24) is 0 Å². The molecule has 3 nitrogen and oxygen atoms in total. The minimum absolute atomic E-state index is 0.130. The van der Waals surface area contributed by atoms with Gasteiger partial charge in [0.15, 0.2) is 0 Å². The highest BCUT2D eigenvalue weighted by Gasteiger charge is 2.13. The van der Waals surface area contributed by atoms with Gasteiger partial charge < -0.3 is 15.2 Å². The Hall–Kier alpha value is -1.06. The van der Waals surface area contributed by atoms with E-state index in [2.05, 4.69) is 13.8 Å². The van der Waals surface area contributed by atoms with Gasteiger partial charge in [0.05, 0.1) is 19.8 Å². The van der Waals surface area contributed by atoms with Gasteiger partial charge in [-0.3, -0.25) is 0 Å². The van der Waals surface area contributed by atoms with Crippen LogP contribution in [0.5, 0.6) is 5.75 Å². The van der Waals surface area contributed by atoms with Crippen molar-refractivity contribution in [1.29, 1.82) is 0 Å².